The van der Waals surface area contributed by atoms with Crippen molar-refractivity contribution in [2.75, 3.05) is 0 Å². The minimum Gasteiger partial charge on any atom is -0.502 e. The first-order chi connectivity index (χ1) is 5.95. The third-order valence-electron chi connectivity index (χ3n) is 1.30. The molecule has 4 nitrogen and oxygen atoms in total. The molecule has 0 spiro atoms. The first-order valence-electron chi connectivity index (χ1n) is 2.96. The van der Waals surface area contributed by atoms with Gasteiger partial charge < -0.3 is 5.11 Å². The molecule has 1 aromatic carbocycles. The highest BCUT2D eigenvalue weighted by Gasteiger charge is 2.22. The Labute approximate surface area is 100 Å². The van der Waals surface area contributed by atoms with Gasteiger partial charge in [0.15, 0.2) is 5.75 Å². The standard InChI is InChI=1S/C6H2BrClINO3/c7-4-2(8)1-3(11)6(5(4)9)10(12)13/h1,11H. The van der Waals surface area contributed by atoms with Gasteiger partial charge in [-0.25, -0.2) is 0 Å². The van der Waals surface area contributed by atoms with E-state index in [1.54, 1.807) is 22.6 Å². The number of nitrogens with zero attached hydrogens (tertiary/aromatic N) is 1. The van der Waals surface area contributed by atoms with Gasteiger partial charge in [-0.2, -0.15) is 0 Å². The number of nitro groups is 1. The van der Waals surface area contributed by atoms with Gasteiger partial charge >= 0.3 is 5.69 Å². The highest BCUT2D eigenvalue weighted by molar-refractivity contribution is 14.1. The maximum atomic E-state index is 10.5. The topological polar surface area (TPSA) is 63.4 Å². The molecule has 0 aromatic heterocycles. The molecule has 0 fully saturated rings. The van der Waals surface area contributed by atoms with Gasteiger partial charge in [0.2, 0.25) is 0 Å². The number of halogens is 3. The van der Waals surface area contributed by atoms with Crippen molar-refractivity contribution in [3.63, 3.8) is 0 Å². The maximum absolute atomic E-state index is 10.5. The van der Waals surface area contributed by atoms with Crippen LogP contribution in [0.2, 0.25) is 5.02 Å². The van der Waals surface area contributed by atoms with Crippen molar-refractivity contribution in [3.8, 4) is 5.75 Å². The van der Waals surface area contributed by atoms with Crippen molar-refractivity contribution in [2.24, 2.45) is 0 Å². The second-order valence-corrected chi connectivity index (χ2v) is 4.39. The smallest absolute Gasteiger partial charge is 0.325 e. The molecule has 0 aliphatic heterocycles. The zero-order valence-corrected chi connectivity index (χ0v) is 10.4. The normalized spacial score (nSPS) is 10.1. The number of hydrogen-bond acceptors (Lipinski definition) is 3. The fourth-order valence-electron chi connectivity index (χ4n) is 0.747. The number of hydrogen-bond donors (Lipinski definition) is 1. The minimum absolute atomic E-state index is 0.243. The Hall–Kier alpha value is -0.0800. The molecular weight excluding hydrogens is 376 g/mol. The number of nitro benzene ring substituents is 1. The van der Waals surface area contributed by atoms with E-state index in [1.807, 2.05) is 0 Å². The zero-order valence-electron chi connectivity index (χ0n) is 5.92. The monoisotopic (exact) mass is 377 g/mol. The van der Waals surface area contributed by atoms with Crippen LogP contribution in [0.1, 0.15) is 0 Å². The number of aromatic hydroxyl groups is 1. The van der Waals surface area contributed by atoms with Gasteiger partial charge in [0.1, 0.15) is 3.57 Å². The van der Waals surface area contributed by atoms with E-state index in [0.717, 1.165) is 6.07 Å². The fraction of sp³-hybridized carbons (Fsp3) is 0. The lowest BCUT2D eigenvalue weighted by Crippen LogP contribution is -1.93. The van der Waals surface area contributed by atoms with Crippen LogP contribution in [0.25, 0.3) is 0 Å². The van der Waals surface area contributed by atoms with E-state index in [9.17, 15) is 15.2 Å². The molecule has 7 heteroatoms. The van der Waals surface area contributed by atoms with Gasteiger partial charge in [-0.3, -0.25) is 10.1 Å². The first kappa shape index (κ1) is 11.0. The maximum Gasteiger partial charge on any atom is 0.325 e. The average molecular weight is 378 g/mol. The van der Waals surface area contributed by atoms with Crippen molar-refractivity contribution in [3.05, 3.63) is 29.2 Å². The third kappa shape index (κ3) is 2.05. The van der Waals surface area contributed by atoms with E-state index in [0.29, 0.717) is 4.47 Å². The molecule has 0 aliphatic carbocycles. The summed E-state index contributed by atoms with van der Waals surface area (Å²) in [5.74, 6) is -0.428. The van der Waals surface area contributed by atoms with Crippen LogP contribution in [-0.2, 0) is 0 Å². The number of rotatable bonds is 1. The molecule has 1 rings (SSSR count). The first-order valence-corrected chi connectivity index (χ1v) is 5.21. The number of benzene rings is 1. The van der Waals surface area contributed by atoms with Crippen LogP contribution in [0.15, 0.2) is 10.5 Å². The van der Waals surface area contributed by atoms with Crippen LogP contribution in [0.5, 0.6) is 5.75 Å². The molecule has 1 aromatic rings. The summed E-state index contributed by atoms with van der Waals surface area (Å²) in [6.45, 7) is 0. The van der Waals surface area contributed by atoms with Crippen molar-refractivity contribution in [1.29, 1.82) is 0 Å². The second kappa shape index (κ2) is 3.97. The summed E-state index contributed by atoms with van der Waals surface area (Å²) in [5.41, 5.74) is -0.336. The van der Waals surface area contributed by atoms with Gasteiger partial charge in [0.05, 0.1) is 14.4 Å². The largest absolute Gasteiger partial charge is 0.502 e. The quantitative estimate of drug-likeness (QED) is 0.353. The molecule has 0 aliphatic rings. The van der Waals surface area contributed by atoms with Gasteiger partial charge in [-0.1, -0.05) is 11.6 Å². The van der Waals surface area contributed by atoms with Crippen molar-refractivity contribution < 1.29 is 10.0 Å². The van der Waals surface area contributed by atoms with Gasteiger partial charge in [0.25, 0.3) is 0 Å². The van der Waals surface area contributed by atoms with Crippen molar-refractivity contribution in [2.45, 2.75) is 0 Å². The molecule has 70 valence electrons. The molecular formula is C6H2BrClINO3. The molecule has 0 saturated heterocycles. The molecule has 0 saturated carbocycles. The lowest BCUT2D eigenvalue weighted by molar-refractivity contribution is -0.386. The Balaban J connectivity index is 3.53. The summed E-state index contributed by atoms with van der Waals surface area (Å²) in [5, 5.41) is 19.9. The van der Waals surface area contributed by atoms with Gasteiger partial charge in [0, 0.05) is 6.07 Å². The Bertz CT molecular complexity index is 385. The lowest BCUT2D eigenvalue weighted by atomic mass is 10.3. The van der Waals surface area contributed by atoms with Crippen LogP contribution in [0.4, 0.5) is 5.69 Å². The zero-order chi connectivity index (χ0) is 10.2. The molecule has 13 heavy (non-hydrogen) atoms. The molecule has 0 amide bonds. The predicted octanol–water partition coefficient (Wildman–Crippen LogP) is 3.32. The fourth-order valence-corrected chi connectivity index (χ4v) is 2.17. The molecule has 0 atom stereocenters. The minimum atomic E-state index is -0.655. The van der Waals surface area contributed by atoms with E-state index in [2.05, 4.69) is 15.9 Å². The van der Waals surface area contributed by atoms with E-state index in [4.69, 9.17) is 11.6 Å². The van der Waals surface area contributed by atoms with E-state index in [1.165, 1.54) is 0 Å². The Morgan fingerprint density at radius 3 is 2.69 bits per heavy atom. The van der Waals surface area contributed by atoms with Crippen LogP contribution in [-0.4, -0.2) is 10.0 Å². The molecule has 0 unspecified atom stereocenters. The Kier molecular flexibility index (Phi) is 3.36. The summed E-state index contributed by atoms with van der Waals surface area (Å²) in [4.78, 5) is 9.83. The van der Waals surface area contributed by atoms with Crippen molar-refractivity contribution in [1.82, 2.24) is 0 Å². The lowest BCUT2D eigenvalue weighted by Gasteiger charge is -2.02. The van der Waals surface area contributed by atoms with Gasteiger partial charge in [-0.05, 0) is 38.5 Å². The van der Waals surface area contributed by atoms with E-state index < -0.39 is 10.7 Å². The van der Waals surface area contributed by atoms with Crippen LogP contribution in [0.3, 0.4) is 0 Å². The summed E-state index contributed by atoms with van der Waals surface area (Å²) in [6.07, 6.45) is 0. The summed E-state index contributed by atoms with van der Waals surface area (Å²) < 4.78 is 0.701. The molecule has 0 heterocycles. The highest BCUT2D eigenvalue weighted by atomic mass is 127. The second-order valence-electron chi connectivity index (χ2n) is 2.11. The van der Waals surface area contributed by atoms with Crippen LogP contribution < -0.4 is 0 Å². The molecule has 0 bridgehead atoms. The summed E-state index contributed by atoms with van der Waals surface area (Å²) in [6, 6.07) is 1.13. The third-order valence-corrected chi connectivity index (χ3v) is 4.44. The number of phenols is 1. The Morgan fingerprint density at radius 2 is 2.23 bits per heavy atom. The molecule has 1 N–H and O–H groups in total. The van der Waals surface area contributed by atoms with Crippen molar-refractivity contribution >= 4 is 55.8 Å². The highest BCUT2D eigenvalue weighted by Crippen LogP contribution is 2.40. The van der Waals surface area contributed by atoms with Gasteiger partial charge in [-0.15, -0.1) is 0 Å². The molecule has 0 radical (unpaired) electrons. The van der Waals surface area contributed by atoms with Crippen LogP contribution in [0, 0.1) is 13.7 Å². The van der Waals surface area contributed by atoms with E-state index in [-0.39, 0.29) is 14.3 Å². The Morgan fingerprint density at radius 1 is 1.69 bits per heavy atom. The summed E-state index contributed by atoms with van der Waals surface area (Å²) in [7, 11) is 0. The number of phenolic OH excluding ortho intramolecular Hbond substituents is 1. The van der Waals surface area contributed by atoms with Crippen LogP contribution >= 0.6 is 50.1 Å². The SMILES string of the molecule is O=[N+]([O-])c1c(O)cc(Cl)c(Br)c1I. The van der Waals surface area contributed by atoms with E-state index >= 15 is 0 Å². The predicted molar refractivity (Wildman–Crippen MR) is 60.2 cm³/mol. The average Bonchev–Trinajstić information content (AvgIpc) is 1.99. The summed E-state index contributed by atoms with van der Waals surface area (Å²) >= 11 is 10.5.